The number of aromatic nitrogens is 2. The largest absolute Gasteiger partial charge is 0.481 e. The SMILES string of the molecule is CCCC(CNCc1sc(-c2cc(F)cnc2OC(F)F)nc1C)(CC(CC)C(C)C)C(=O)O. The van der Waals surface area contributed by atoms with Crippen LogP contribution in [0.5, 0.6) is 5.88 Å². The van der Waals surface area contributed by atoms with Gasteiger partial charge >= 0.3 is 12.6 Å². The number of aryl methyl sites for hydroxylation is 1. The number of aliphatic carboxylic acids is 1. The number of carbonyl (C=O) groups is 1. The molecule has 2 N–H and O–H groups in total. The summed E-state index contributed by atoms with van der Waals surface area (Å²) in [7, 11) is 0. The summed E-state index contributed by atoms with van der Waals surface area (Å²) in [5, 5.41) is 13.7. The molecule has 2 rings (SSSR count). The zero-order valence-electron chi connectivity index (χ0n) is 20.3. The van der Waals surface area contributed by atoms with Gasteiger partial charge < -0.3 is 15.2 Å². The maximum absolute atomic E-state index is 13.8. The minimum absolute atomic E-state index is 0.0493. The van der Waals surface area contributed by atoms with E-state index in [9.17, 15) is 23.1 Å². The minimum Gasteiger partial charge on any atom is -0.481 e. The number of rotatable bonds is 14. The quantitative estimate of drug-likeness (QED) is 0.317. The maximum atomic E-state index is 13.8. The number of hydrogen-bond acceptors (Lipinski definition) is 6. The molecule has 0 saturated carbocycles. The van der Waals surface area contributed by atoms with Crippen molar-refractivity contribution in [3.63, 3.8) is 0 Å². The third-order valence-electron chi connectivity index (χ3n) is 6.19. The van der Waals surface area contributed by atoms with E-state index in [2.05, 4.69) is 40.8 Å². The molecule has 0 radical (unpaired) electrons. The summed E-state index contributed by atoms with van der Waals surface area (Å²) in [6.45, 7) is 7.64. The summed E-state index contributed by atoms with van der Waals surface area (Å²) in [4.78, 5) is 21.2. The second-order valence-electron chi connectivity index (χ2n) is 8.97. The molecule has 0 bridgehead atoms. The van der Waals surface area contributed by atoms with Gasteiger partial charge in [0.2, 0.25) is 5.88 Å². The van der Waals surface area contributed by atoms with Gasteiger partial charge in [-0.3, -0.25) is 4.79 Å². The van der Waals surface area contributed by atoms with E-state index in [0.29, 0.717) is 48.5 Å². The van der Waals surface area contributed by atoms with Crippen LogP contribution >= 0.6 is 11.3 Å². The Kier molecular flexibility index (Phi) is 10.3. The van der Waals surface area contributed by atoms with E-state index < -0.39 is 29.7 Å². The van der Waals surface area contributed by atoms with Crippen molar-refractivity contribution >= 4 is 17.3 Å². The van der Waals surface area contributed by atoms with E-state index in [1.807, 2.05) is 6.92 Å². The lowest BCUT2D eigenvalue weighted by Crippen LogP contribution is -2.43. The van der Waals surface area contributed by atoms with E-state index in [4.69, 9.17) is 0 Å². The van der Waals surface area contributed by atoms with Crippen molar-refractivity contribution in [2.45, 2.75) is 73.5 Å². The van der Waals surface area contributed by atoms with Crippen LogP contribution in [0, 0.1) is 30.0 Å². The van der Waals surface area contributed by atoms with Gasteiger partial charge in [0.15, 0.2) is 0 Å². The summed E-state index contributed by atoms with van der Waals surface area (Å²) >= 11 is 1.21. The third-order valence-corrected chi connectivity index (χ3v) is 7.38. The number of pyridine rings is 1. The number of alkyl halides is 2. The van der Waals surface area contributed by atoms with Crippen LogP contribution < -0.4 is 10.1 Å². The van der Waals surface area contributed by atoms with E-state index >= 15 is 0 Å². The molecule has 2 atom stereocenters. The van der Waals surface area contributed by atoms with E-state index in [0.717, 1.165) is 30.0 Å². The fourth-order valence-electron chi connectivity index (χ4n) is 4.25. The van der Waals surface area contributed by atoms with Gasteiger partial charge in [0.05, 0.1) is 22.9 Å². The molecular weight excluding hydrogens is 467 g/mol. The molecule has 190 valence electrons. The Bertz CT molecular complexity index is 955. The molecule has 2 aromatic rings. The second kappa shape index (κ2) is 12.5. The first-order chi connectivity index (χ1) is 16.0. The Morgan fingerprint density at radius 1 is 1.32 bits per heavy atom. The normalized spacial score (nSPS) is 14.4. The van der Waals surface area contributed by atoms with Crippen molar-refractivity contribution in [3.05, 3.63) is 28.7 Å². The molecule has 0 aliphatic heterocycles. The lowest BCUT2D eigenvalue weighted by atomic mass is 9.72. The number of ether oxygens (including phenoxy) is 1. The third kappa shape index (κ3) is 7.15. The molecule has 0 aliphatic rings. The predicted molar refractivity (Wildman–Crippen MR) is 127 cm³/mol. The van der Waals surface area contributed by atoms with Gasteiger partial charge in [-0.1, -0.05) is 40.5 Å². The number of carboxylic acid groups (broad SMARTS) is 1. The first-order valence-corrected chi connectivity index (χ1v) is 12.4. The van der Waals surface area contributed by atoms with E-state index in [1.54, 1.807) is 6.92 Å². The van der Waals surface area contributed by atoms with Crippen molar-refractivity contribution in [3.8, 4) is 16.5 Å². The van der Waals surface area contributed by atoms with Gasteiger partial charge in [0, 0.05) is 18.0 Å². The first-order valence-electron chi connectivity index (χ1n) is 11.5. The lowest BCUT2D eigenvalue weighted by Gasteiger charge is -2.34. The highest BCUT2D eigenvalue weighted by Gasteiger charge is 2.39. The zero-order valence-corrected chi connectivity index (χ0v) is 21.1. The van der Waals surface area contributed by atoms with Gasteiger partial charge in [-0.25, -0.2) is 14.4 Å². The van der Waals surface area contributed by atoms with Crippen LogP contribution in [0.1, 0.15) is 63.9 Å². The summed E-state index contributed by atoms with van der Waals surface area (Å²) < 4.78 is 43.7. The average molecular weight is 502 g/mol. The standard InChI is InChI=1S/C24H34F3N3O3S/c1-6-8-24(22(31)32,10-16(7-2)14(3)4)13-28-12-19-15(5)30-21(34-19)18-9-17(25)11-29-20(18)33-23(26)27/h9,11,14,16,23,28H,6-8,10,12-13H2,1-5H3,(H,31,32). The van der Waals surface area contributed by atoms with Crippen LogP contribution in [-0.2, 0) is 11.3 Å². The average Bonchev–Trinajstić information content (AvgIpc) is 3.12. The topological polar surface area (TPSA) is 84.3 Å². The van der Waals surface area contributed by atoms with Crippen LogP contribution in [0.25, 0.3) is 10.6 Å². The van der Waals surface area contributed by atoms with Crippen molar-refractivity contribution in [1.29, 1.82) is 0 Å². The van der Waals surface area contributed by atoms with Crippen LogP contribution in [0.3, 0.4) is 0 Å². The smallest absolute Gasteiger partial charge is 0.388 e. The first kappa shape index (κ1) is 28.0. The Balaban J connectivity index is 2.22. The maximum Gasteiger partial charge on any atom is 0.388 e. The number of carboxylic acids is 1. The van der Waals surface area contributed by atoms with E-state index in [-0.39, 0.29) is 5.56 Å². The molecule has 2 heterocycles. The lowest BCUT2D eigenvalue weighted by molar-refractivity contribution is -0.150. The van der Waals surface area contributed by atoms with Crippen LogP contribution in [0.2, 0.25) is 0 Å². The highest BCUT2D eigenvalue weighted by Crippen LogP contribution is 2.37. The zero-order chi connectivity index (χ0) is 25.5. The molecule has 0 aromatic carbocycles. The number of hydrogen-bond donors (Lipinski definition) is 2. The Labute approximate surface area is 203 Å². The fourth-order valence-corrected chi connectivity index (χ4v) is 5.28. The number of halogens is 3. The molecule has 2 unspecified atom stereocenters. The number of thiazole rings is 1. The van der Waals surface area contributed by atoms with Crippen LogP contribution in [0.15, 0.2) is 12.3 Å². The Morgan fingerprint density at radius 3 is 2.59 bits per heavy atom. The molecule has 0 amide bonds. The second-order valence-corrected chi connectivity index (χ2v) is 10.1. The van der Waals surface area contributed by atoms with Gasteiger partial charge in [-0.15, -0.1) is 11.3 Å². The van der Waals surface area contributed by atoms with Crippen molar-refractivity contribution in [2.75, 3.05) is 6.54 Å². The van der Waals surface area contributed by atoms with Crippen LogP contribution in [-0.4, -0.2) is 34.2 Å². The summed E-state index contributed by atoms with van der Waals surface area (Å²) in [5.74, 6) is -1.20. The Morgan fingerprint density at radius 2 is 2.03 bits per heavy atom. The monoisotopic (exact) mass is 501 g/mol. The highest BCUT2D eigenvalue weighted by molar-refractivity contribution is 7.15. The molecule has 0 fully saturated rings. The van der Waals surface area contributed by atoms with Crippen molar-refractivity contribution in [1.82, 2.24) is 15.3 Å². The van der Waals surface area contributed by atoms with E-state index in [1.165, 1.54) is 11.3 Å². The molecule has 0 saturated heterocycles. The molecule has 10 heteroatoms. The van der Waals surface area contributed by atoms with Gasteiger partial charge in [-0.2, -0.15) is 8.78 Å². The molecule has 6 nitrogen and oxygen atoms in total. The van der Waals surface area contributed by atoms with Gasteiger partial charge in [0.25, 0.3) is 0 Å². The van der Waals surface area contributed by atoms with Crippen LogP contribution in [0.4, 0.5) is 13.2 Å². The molecule has 0 aliphatic carbocycles. The van der Waals surface area contributed by atoms with Gasteiger partial charge in [0.1, 0.15) is 10.8 Å². The molecule has 34 heavy (non-hydrogen) atoms. The highest BCUT2D eigenvalue weighted by atomic mass is 32.1. The number of nitrogens with one attached hydrogen (secondary N) is 1. The van der Waals surface area contributed by atoms with Crippen molar-refractivity contribution < 1.29 is 27.8 Å². The molecular formula is C24H34F3N3O3S. The molecule has 2 aromatic heterocycles. The van der Waals surface area contributed by atoms with Gasteiger partial charge in [-0.05, 0) is 37.7 Å². The summed E-state index contributed by atoms with van der Waals surface area (Å²) in [5.41, 5.74) is -0.190. The molecule has 0 spiro atoms. The fraction of sp³-hybridized carbons (Fsp3) is 0.625. The van der Waals surface area contributed by atoms with Crippen molar-refractivity contribution in [2.24, 2.45) is 17.3 Å². The number of nitrogens with zero attached hydrogens (tertiary/aromatic N) is 2. The summed E-state index contributed by atoms with van der Waals surface area (Å²) in [6.07, 6.45) is 3.64. The Hall–Kier alpha value is -2.20. The predicted octanol–water partition coefficient (Wildman–Crippen LogP) is 6.29. The minimum atomic E-state index is -3.10. The summed E-state index contributed by atoms with van der Waals surface area (Å²) in [6, 6.07) is 1.06.